The van der Waals surface area contributed by atoms with Crippen molar-refractivity contribution in [2.45, 2.75) is 13.0 Å². The molecule has 3 nitrogen and oxygen atoms in total. The Hall–Kier alpha value is -2.34. The normalized spacial score (nSPS) is 11.5. The van der Waals surface area contributed by atoms with Crippen LogP contribution in [-0.4, -0.2) is 4.98 Å². The van der Waals surface area contributed by atoms with E-state index in [9.17, 15) is 0 Å². The number of pyridine rings is 1. The number of nitrogens with zero attached hydrogens (tertiary/aromatic N) is 2. The lowest BCUT2D eigenvalue weighted by Gasteiger charge is -2.15. The van der Waals surface area contributed by atoms with Crippen LogP contribution >= 0.6 is 0 Å². The number of rotatable bonds is 3. The van der Waals surface area contributed by atoms with Crippen LogP contribution in [0.25, 0.3) is 0 Å². The first kappa shape index (κ1) is 11.2. The minimum atomic E-state index is -0.104. The molecule has 1 atom stereocenters. The van der Waals surface area contributed by atoms with Crippen LogP contribution < -0.4 is 4.74 Å². The minimum Gasteiger partial charge on any atom is -0.483 e. The summed E-state index contributed by atoms with van der Waals surface area (Å²) in [5, 5.41) is 8.91. The van der Waals surface area contributed by atoms with E-state index in [2.05, 4.69) is 4.98 Å². The fraction of sp³-hybridized carbons (Fsp3) is 0.143. The first-order chi connectivity index (χ1) is 8.31. The van der Waals surface area contributed by atoms with Gasteiger partial charge in [0.05, 0.1) is 0 Å². The monoisotopic (exact) mass is 224 g/mol. The molecule has 3 heteroatoms. The third-order valence-corrected chi connectivity index (χ3v) is 2.45. The van der Waals surface area contributed by atoms with Crippen molar-refractivity contribution in [3.8, 4) is 11.8 Å². The van der Waals surface area contributed by atoms with Gasteiger partial charge in [-0.05, 0) is 24.6 Å². The Morgan fingerprint density at radius 1 is 1.18 bits per heavy atom. The summed E-state index contributed by atoms with van der Waals surface area (Å²) in [5.74, 6) is 0.520. The summed E-state index contributed by atoms with van der Waals surface area (Å²) >= 11 is 0. The van der Waals surface area contributed by atoms with Crippen molar-refractivity contribution in [3.63, 3.8) is 0 Å². The van der Waals surface area contributed by atoms with Crippen LogP contribution in [-0.2, 0) is 0 Å². The summed E-state index contributed by atoms with van der Waals surface area (Å²) < 4.78 is 5.74. The van der Waals surface area contributed by atoms with Gasteiger partial charge < -0.3 is 4.74 Å². The Kier molecular flexibility index (Phi) is 3.37. The number of nitriles is 1. The quantitative estimate of drug-likeness (QED) is 0.804. The Morgan fingerprint density at radius 2 is 1.94 bits per heavy atom. The van der Waals surface area contributed by atoms with Gasteiger partial charge in [-0.15, -0.1) is 0 Å². The van der Waals surface area contributed by atoms with Crippen molar-refractivity contribution in [2.75, 3.05) is 0 Å². The van der Waals surface area contributed by atoms with Gasteiger partial charge in [0.2, 0.25) is 0 Å². The standard InChI is InChI=1S/C14H12N2O/c1-11(12-6-3-2-4-7-12)17-14-8-5-9-16-13(14)10-15/h2-9,11H,1H3. The van der Waals surface area contributed by atoms with E-state index in [0.717, 1.165) is 5.56 Å². The average Bonchev–Trinajstić information content (AvgIpc) is 2.40. The van der Waals surface area contributed by atoms with Gasteiger partial charge in [0.15, 0.2) is 11.4 Å². The van der Waals surface area contributed by atoms with E-state index in [0.29, 0.717) is 11.4 Å². The SMILES string of the molecule is CC(Oc1cccnc1C#N)c1ccccc1. The summed E-state index contributed by atoms with van der Waals surface area (Å²) in [6.07, 6.45) is 1.48. The van der Waals surface area contributed by atoms with E-state index in [1.165, 1.54) is 0 Å². The second-order valence-corrected chi connectivity index (χ2v) is 3.63. The van der Waals surface area contributed by atoms with Gasteiger partial charge in [0.25, 0.3) is 0 Å². The maximum absolute atomic E-state index is 8.91. The molecular weight excluding hydrogens is 212 g/mol. The van der Waals surface area contributed by atoms with E-state index >= 15 is 0 Å². The molecule has 1 aromatic heterocycles. The van der Waals surface area contributed by atoms with Crippen molar-refractivity contribution in [3.05, 3.63) is 59.9 Å². The highest BCUT2D eigenvalue weighted by molar-refractivity contribution is 5.37. The number of aromatic nitrogens is 1. The molecule has 0 N–H and O–H groups in total. The molecule has 1 heterocycles. The highest BCUT2D eigenvalue weighted by Gasteiger charge is 2.10. The topological polar surface area (TPSA) is 45.9 Å². The zero-order chi connectivity index (χ0) is 12.1. The average molecular weight is 224 g/mol. The predicted octanol–water partition coefficient (Wildman–Crippen LogP) is 3.09. The van der Waals surface area contributed by atoms with E-state index in [-0.39, 0.29) is 6.10 Å². The molecule has 0 fully saturated rings. The predicted molar refractivity (Wildman–Crippen MR) is 64.4 cm³/mol. The Balaban J connectivity index is 2.19. The van der Waals surface area contributed by atoms with E-state index in [1.54, 1.807) is 18.3 Å². The second-order valence-electron chi connectivity index (χ2n) is 3.63. The second kappa shape index (κ2) is 5.13. The highest BCUT2D eigenvalue weighted by Crippen LogP contribution is 2.23. The molecule has 1 unspecified atom stereocenters. The zero-order valence-corrected chi connectivity index (χ0v) is 9.50. The van der Waals surface area contributed by atoms with Gasteiger partial charge >= 0.3 is 0 Å². The maximum atomic E-state index is 8.91. The molecule has 0 amide bonds. The summed E-state index contributed by atoms with van der Waals surface area (Å²) in [6, 6.07) is 15.4. The lowest BCUT2D eigenvalue weighted by molar-refractivity contribution is 0.225. The van der Waals surface area contributed by atoms with Crippen LogP contribution in [0.4, 0.5) is 0 Å². The Labute approximate surface area is 100 Å². The minimum absolute atomic E-state index is 0.104. The molecule has 2 aromatic rings. The molecule has 0 saturated carbocycles. The third-order valence-electron chi connectivity index (χ3n) is 2.45. The van der Waals surface area contributed by atoms with Crippen molar-refractivity contribution in [1.82, 2.24) is 4.98 Å². The summed E-state index contributed by atoms with van der Waals surface area (Å²) in [5.41, 5.74) is 1.38. The molecule has 0 spiro atoms. The van der Waals surface area contributed by atoms with Gasteiger partial charge in [0, 0.05) is 6.20 Å². The van der Waals surface area contributed by atoms with Crippen molar-refractivity contribution in [1.29, 1.82) is 5.26 Å². The molecule has 0 radical (unpaired) electrons. The number of hydrogen-bond acceptors (Lipinski definition) is 3. The molecule has 0 aliphatic rings. The van der Waals surface area contributed by atoms with Crippen LogP contribution in [0.2, 0.25) is 0 Å². The Bertz CT molecular complexity index is 531. The lowest BCUT2D eigenvalue weighted by Crippen LogP contribution is -2.04. The van der Waals surface area contributed by atoms with Crippen LogP contribution in [0.3, 0.4) is 0 Å². The first-order valence-corrected chi connectivity index (χ1v) is 5.38. The zero-order valence-electron chi connectivity index (χ0n) is 9.50. The van der Waals surface area contributed by atoms with Crippen molar-refractivity contribution >= 4 is 0 Å². The fourth-order valence-electron chi connectivity index (χ4n) is 1.55. The van der Waals surface area contributed by atoms with Gasteiger partial charge in [-0.1, -0.05) is 30.3 Å². The van der Waals surface area contributed by atoms with E-state index in [4.69, 9.17) is 10.00 Å². The molecule has 84 valence electrons. The smallest absolute Gasteiger partial charge is 0.182 e. The van der Waals surface area contributed by atoms with Gasteiger partial charge in [-0.2, -0.15) is 5.26 Å². The van der Waals surface area contributed by atoms with Gasteiger partial charge in [-0.3, -0.25) is 0 Å². The maximum Gasteiger partial charge on any atom is 0.182 e. The van der Waals surface area contributed by atoms with Gasteiger partial charge in [-0.25, -0.2) is 4.98 Å². The third kappa shape index (κ3) is 2.61. The van der Waals surface area contributed by atoms with E-state index in [1.807, 2.05) is 43.3 Å². The molecular formula is C14H12N2O. The number of benzene rings is 1. The molecule has 2 rings (SSSR count). The molecule has 17 heavy (non-hydrogen) atoms. The molecule has 0 bridgehead atoms. The summed E-state index contributed by atoms with van der Waals surface area (Å²) in [6.45, 7) is 1.95. The van der Waals surface area contributed by atoms with Gasteiger partial charge in [0.1, 0.15) is 12.2 Å². The molecule has 1 aromatic carbocycles. The van der Waals surface area contributed by atoms with Crippen molar-refractivity contribution < 1.29 is 4.74 Å². The number of hydrogen-bond donors (Lipinski definition) is 0. The first-order valence-electron chi connectivity index (χ1n) is 5.38. The molecule has 0 saturated heterocycles. The van der Waals surface area contributed by atoms with E-state index < -0.39 is 0 Å². The largest absolute Gasteiger partial charge is 0.483 e. The van der Waals surface area contributed by atoms with Crippen LogP contribution in [0, 0.1) is 11.3 Å². The van der Waals surface area contributed by atoms with Crippen molar-refractivity contribution in [2.24, 2.45) is 0 Å². The lowest BCUT2D eigenvalue weighted by atomic mass is 10.1. The number of ether oxygens (including phenoxy) is 1. The molecule has 0 aliphatic heterocycles. The molecule has 0 aliphatic carbocycles. The highest BCUT2D eigenvalue weighted by atomic mass is 16.5. The summed E-state index contributed by atoms with van der Waals surface area (Å²) in [7, 11) is 0. The van der Waals surface area contributed by atoms with Crippen LogP contribution in [0.15, 0.2) is 48.7 Å². The van der Waals surface area contributed by atoms with Crippen LogP contribution in [0.5, 0.6) is 5.75 Å². The Morgan fingerprint density at radius 3 is 2.65 bits per heavy atom. The summed E-state index contributed by atoms with van der Waals surface area (Å²) in [4.78, 5) is 3.96. The fourth-order valence-corrected chi connectivity index (χ4v) is 1.55. The van der Waals surface area contributed by atoms with Crippen LogP contribution in [0.1, 0.15) is 24.3 Å².